The van der Waals surface area contributed by atoms with Crippen LogP contribution >= 0.6 is 0 Å². The molecule has 0 aromatic heterocycles. The van der Waals surface area contributed by atoms with Gasteiger partial charge in [0.2, 0.25) is 5.90 Å². The normalized spacial score (nSPS) is 18.8. The summed E-state index contributed by atoms with van der Waals surface area (Å²) in [5.41, 5.74) is -1.08. The van der Waals surface area contributed by atoms with Crippen molar-refractivity contribution in [3.05, 3.63) is 23.8 Å². The van der Waals surface area contributed by atoms with Gasteiger partial charge >= 0.3 is 5.97 Å². The number of ether oxygens (including phenoxy) is 5. The van der Waals surface area contributed by atoms with Gasteiger partial charge in [-0.3, -0.25) is 0 Å². The van der Waals surface area contributed by atoms with Crippen LogP contribution in [0.4, 0.5) is 0 Å². The lowest BCUT2D eigenvalue weighted by atomic mass is 10.1. The number of hydrogen-bond donors (Lipinski definition) is 2. The molecule has 1 aliphatic heterocycles. The molecule has 0 saturated heterocycles. The molecular formula is C18H25NO8. The summed E-state index contributed by atoms with van der Waals surface area (Å²) in [6.07, 6.45) is 0. The lowest BCUT2D eigenvalue weighted by Crippen LogP contribution is -2.34. The molecule has 1 heterocycles. The van der Waals surface area contributed by atoms with Crippen LogP contribution in [-0.2, 0) is 23.7 Å². The highest BCUT2D eigenvalue weighted by Gasteiger charge is 2.40. The van der Waals surface area contributed by atoms with Gasteiger partial charge in [-0.25, -0.2) is 9.79 Å². The highest BCUT2D eigenvalue weighted by Crippen LogP contribution is 2.33. The van der Waals surface area contributed by atoms with E-state index in [1.807, 2.05) is 0 Å². The quantitative estimate of drug-likeness (QED) is 0.515. The van der Waals surface area contributed by atoms with Crippen LogP contribution in [0.5, 0.6) is 11.5 Å². The summed E-state index contributed by atoms with van der Waals surface area (Å²) in [6, 6.07) is 4.85. The van der Waals surface area contributed by atoms with Gasteiger partial charge in [-0.15, -0.1) is 0 Å². The number of aromatic hydroxyl groups is 1. The molecule has 1 aromatic rings. The maximum absolute atomic E-state index is 11.3. The van der Waals surface area contributed by atoms with Gasteiger partial charge in [0, 0.05) is 7.11 Å². The van der Waals surface area contributed by atoms with Crippen molar-refractivity contribution >= 4 is 11.9 Å². The first kappa shape index (κ1) is 20.9. The average molecular weight is 383 g/mol. The van der Waals surface area contributed by atoms with E-state index in [4.69, 9.17) is 23.7 Å². The van der Waals surface area contributed by atoms with E-state index in [0.29, 0.717) is 33.0 Å². The molecule has 0 aliphatic carbocycles. The van der Waals surface area contributed by atoms with Gasteiger partial charge in [-0.05, 0) is 19.1 Å². The third kappa shape index (κ3) is 5.81. The summed E-state index contributed by atoms with van der Waals surface area (Å²) >= 11 is 0. The van der Waals surface area contributed by atoms with Crippen LogP contribution < -0.4 is 4.74 Å². The first-order valence-electron chi connectivity index (χ1n) is 8.53. The number of benzene rings is 1. The van der Waals surface area contributed by atoms with E-state index in [-0.39, 0.29) is 36.2 Å². The second-order valence-corrected chi connectivity index (χ2v) is 6.00. The zero-order valence-electron chi connectivity index (χ0n) is 15.5. The Balaban J connectivity index is 1.83. The van der Waals surface area contributed by atoms with E-state index in [9.17, 15) is 15.0 Å². The summed E-state index contributed by atoms with van der Waals surface area (Å²) in [5, 5.41) is 19.6. The second kappa shape index (κ2) is 10.1. The van der Waals surface area contributed by atoms with Crippen molar-refractivity contribution in [2.24, 2.45) is 4.99 Å². The Hall–Kier alpha value is -2.36. The maximum Gasteiger partial charge on any atom is 0.335 e. The zero-order chi connectivity index (χ0) is 19.7. The summed E-state index contributed by atoms with van der Waals surface area (Å²) in [6.45, 7) is 3.87. The Kier molecular flexibility index (Phi) is 7.83. The number of carbonyl (C=O) groups is 1. The first-order valence-corrected chi connectivity index (χ1v) is 8.53. The number of rotatable bonds is 12. The Morgan fingerprint density at radius 2 is 1.85 bits per heavy atom. The Labute approximate surface area is 157 Å². The van der Waals surface area contributed by atoms with Crippen molar-refractivity contribution in [1.29, 1.82) is 0 Å². The van der Waals surface area contributed by atoms with Crippen LogP contribution in [0.3, 0.4) is 0 Å². The number of phenols is 1. The molecule has 0 saturated carbocycles. The lowest BCUT2D eigenvalue weighted by Gasteiger charge is -2.11. The summed E-state index contributed by atoms with van der Waals surface area (Å²) in [5.74, 6) is -0.934. The average Bonchev–Trinajstić information content (AvgIpc) is 3.05. The van der Waals surface area contributed by atoms with E-state index in [2.05, 4.69) is 4.99 Å². The predicted molar refractivity (Wildman–Crippen MR) is 95.6 cm³/mol. The molecule has 0 amide bonds. The molecule has 0 radical (unpaired) electrons. The number of methoxy groups -OCH3 is 1. The SMILES string of the molecule is COCCOCCOCCOc1cccc(C2=NC(C)(C(=O)O)CO2)c1O. The van der Waals surface area contributed by atoms with Gasteiger partial charge in [0.15, 0.2) is 17.0 Å². The number of para-hydroxylation sites is 1. The van der Waals surface area contributed by atoms with Crippen molar-refractivity contribution in [2.45, 2.75) is 12.5 Å². The number of aliphatic carboxylic acids is 1. The second-order valence-electron chi connectivity index (χ2n) is 6.00. The number of aliphatic imine (C=N–C) groups is 1. The zero-order valence-corrected chi connectivity index (χ0v) is 15.5. The summed E-state index contributed by atoms with van der Waals surface area (Å²) in [4.78, 5) is 15.3. The van der Waals surface area contributed by atoms with E-state index in [0.717, 1.165) is 0 Å². The fourth-order valence-corrected chi connectivity index (χ4v) is 2.23. The minimum absolute atomic E-state index is 0.0762. The predicted octanol–water partition coefficient (Wildman–Crippen LogP) is 1.07. The number of carboxylic acids is 1. The van der Waals surface area contributed by atoms with E-state index in [1.54, 1.807) is 25.3 Å². The van der Waals surface area contributed by atoms with E-state index >= 15 is 0 Å². The Morgan fingerprint density at radius 1 is 1.19 bits per heavy atom. The molecule has 0 bridgehead atoms. The minimum Gasteiger partial charge on any atom is -0.504 e. The van der Waals surface area contributed by atoms with Gasteiger partial charge < -0.3 is 33.9 Å². The Morgan fingerprint density at radius 3 is 2.48 bits per heavy atom. The monoisotopic (exact) mass is 383 g/mol. The fraction of sp³-hybridized carbons (Fsp3) is 0.556. The molecule has 1 aromatic carbocycles. The van der Waals surface area contributed by atoms with Crippen LogP contribution in [0.1, 0.15) is 12.5 Å². The fourth-order valence-electron chi connectivity index (χ4n) is 2.23. The van der Waals surface area contributed by atoms with E-state index < -0.39 is 11.5 Å². The third-order valence-electron chi connectivity index (χ3n) is 3.82. The number of hydrogen-bond acceptors (Lipinski definition) is 8. The van der Waals surface area contributed by atoms with Crippen LogP contribution in [0.25, 0.3) is 0 Å². The van der Waals surface area contributed by atoms with Gasteiger partial charge in [0.1, 0.15) is 13.2 Å². The highest BCUT2D eigenvalue weighted by atomic mass is 16.6. The molecule has 9 heteroatoms. The van der Waals surface area contributed by atoms with Crippen molar-refractivity contribution in [2.75, 3.05) is 53.4 Å². The summed E-state index contributed by atoms with van der Waals surface area (Å²) < 4.78 is 26.4. The minimum atomic E-state index is -1.36. The largest absolute Gasteiger partial charge is 0.504 e. The molecular weight excluding hydrogens is 358 g/mol. The summed E-state index contributed by atoms with van der Waals surface area (Å²) in [7, 11) is 1.61. The molecule has 0 fully saturated rings. The smallest absolute Gasteiger partial charge is 0.335 e. The molecule has 2 rings (SSSR count). The van der Waals surface area contributed by atoms with Gasteiger partial charge in [0.25, 0.3) is 0 Å². The van der Waals surface area contributed by atoms with E-state index in [1.165, 1.54) is 6.92 Å². The number of nitrogens with zero attached hydrogens (tertiary/aromatic N) is 1. The molecule has 150 valence electrons. The van der Waals surface area contributed by atoms with Gasteiger partial charge in [-0.1, -0.05) is 6.07 Å². The van der Waals surface area contributed by atoms with Crippen LogP contribution in [0.2, 0.25) is 0 Å². The molecule has 9 nitrogen and oxygen atoms in total. The van der Waals surface area contributed by atoms with Crippen LogP contribution in [-0.4, -0.2) is 81.0 Å². The topological polar surface area (TPSA) is 116 Å². The van der Waals surface area contributed by atoms with Crippen molar-refractivity contribution < 1.29 is 38.7 Å². The van der Waals surface area contributed by atoms with Crippen molar-refractivity contribution in [3.8, 4) is 11.5 Å². The van der Waals surface area contributed by atoms with Crippen molar-refractivity contribution in [1.82, 2.24) is 0 Å². The molecule has 2 N–H and O–H groups in total. The molecule has 1 unspecified atom stereocenters. The maximum atomic E-state index is 11.3. The lowest BCUT2D eigenvalue weighted by molar-refractivity contribution is -0.142. The number of phenolic OH excluding ortho intramolecular Hbond substituents is 1. The standard InChI is InChI=1S/C18H25NO8/c1-18(17(21)22)12-27-16(19-18)13-4-3-5-14(15(13)20)26-11-10-25-9-8-24-7-6-23-2/h3-5,20H,6-12H2,1-2H3,(H,21,22). The van der Waals surface area contributed by atoms with Crippen molar-refractivity contribution in [3.63, 3.8) is 0 Å². The van der Waals surface area contributed by atoms with Gasteiger partial charge in [0.05, 0.1) is 38.6 Å². The molecule has 27 heavy (non-hydrogen) atoms. The Bertz CT molecular complexity index is 663. The highest BCUT2D eigenvalue weighted by molar-refractivity contribution is 6.01. The first-order chi connectivity index (χ1) is 13.0. The molecule has 0 spiro atoms. The van der Waals surface area contributed by atoms with Crippen LogP contribution in [0, 0.1) is 0 Å². The molecule has 1 atom stereocenters. The van der Waals surface area contributed by atoms with Gasteiger partial charge in [-0.2, -0.15) is 0 Å². The number of carboxylic acid groups (broad SMARTS) is 1. The molecule has 1 aliphatic rings. The van der Waals surface area contributed by atoms with Crippen LogP contribution in [0.15, 0.2) is 23.2 Å². The third-order valence-corrected chi connectivity index (χ3v) is 3.82.